The average Bonchev–Trinajstić information content (AvgIpc) is 2.68. The summed E-state index contributed by atoms with van der Waals surface area (Å²) in [4.78, 5) is 11.7. The number of nitrogens with one attached hydrogen (secondary N) is 1. The van der Waals surface area contributed by atoms with E-state index < -0.39 is 0 Å². The molecule has 0 aromatic carbocycles. The van der Waals surface area contributed by atoms with E-state index in [1.165, 1.54) is 0 Å². The summed E-state index contributed by atoms with van der Waals surface area (Å²) in [6, 6.07) is 2.24. The van der Waals surface area contributed by atoms with E-state index in [1.54, 1.807) is 11.3 Å². The van der Waals surface area contributed by atoms with Crippen molar-refractivity contribution in [2.24, 2.45) is 5.92 Å². The van der Waals surface area contributed by atoms with Gasteiger partial charge in [0, 0.05) is 11.4 Å². The van der Waals surface area contributed by atoms with Gasteiger partial charge in [0.1, 0.15) is 0 Å². The number of hydrogen-bond donors (Lipinski definition) is 1. The van der Waals surface area contributed by atoms with Crippen LogP contribution in [0, 0.1) is 5.92 Å². The Morgan fingerprint density at radius 3 is 2.81 bits per heavy atom. The second kappa shape index (κ2) is 7.07. The maximum Gasteiger partial charge on any atom is 0.224 e. The van der Waals surface area contributed by atoms with Crippen molar-refractivity contribution >= 4 is 33.2 Å². The number of carbonyl (C=O) groups is 1. The summed E-state index contributed by atoms with van der Waals surface area (Å²) in [6.07, 6.45) is 1.51. The molecule has 16 heavy (non-hydrogen) atoms. The first-order valence-corrected chi connectivity index (χ1v) is 7.54. The van der Waals surface area contributed by atoms with Crippen molar-refractivity contribution in [3.8, 4) is 0 Å². The van der Waals surface area contributed by atoms with Crippen LogP contribution in [-0.2, 0) is 11.2 Å². The molecule has 1 heterocycles. The molecule has 4 heteroatoms. The van der Waals surface area contributed by atoms with Gasteiger partial charge in [-0.2, -0.15) is 11.3 Å². The Bertz CT molecular complexity index is 311. The molecule has 1 aromatic heterocycles. The van der Waals surface area contributed by atoms with Gasteiger partial charge in [-0.05, 0) is 34.7 Å². The Morgan fingerprint density at radius 2 is 2.31 bits per heavy atom. The molecular weight excluding hydrogens is 286 g/mol. The molecule has 0 saturated heterocycles. The fourth-order valence-corrected chi connectivity index (χ4v) is 2.68. The van der Waals surface area contributed by atoms with Crippen LogP contribution in [0.1, 0.15) is 25.8 Å². The lowest BCUT2D eigenvalue weighted by molar-refractivity contribution is -0.121. The van der Waals surface area contributed by atoms with Crippen molar-refractivity contribution in [3.63, 3.8) is 0 Å². The second-order valence-corrected chi connectivity index (χ2v) is 5.78. The van der Waals surface area contributed by atoms with E-state index in [0.717, 1.165) is 17.3 Å². The first kappa shape index (κ1) is 13.7. The third-order valence-electron chi connectivity index (χ3n) is 2.25. The summed E-state index contributed by atoms with van der Waals surface area (Å²) < 4.78 is 0. The third-order valence-corrected chi connectivity index (χ3v) is 3.77. The molecule has 1 amide bonds. The van der Waals surface area contributed by atoms with Gasteiger partial charge in [-0.25, -0.2) is 0 Å². The van der Waals surface area contributed by atoms with Crippen LogP contribution in [0.3, 0.4) is 0 Å². The van der Waals surface area contributed by atoms with Crippen molar-refractivity contribution in [2.45, 2.75) is 32.7 Å². The highest BCUT2D eigenvalue weighted by Gasteiger charge is 2.12. The molecule has 0 fully saturated rings. The standard InChI is InChI=1S/C12H18BrNOS/c1-9(2)5-11(7-13)14-12(15)6-10-3-4-16-8-10/h3-4,8-9,11H,5-7H2,1-2H3,(H,14,15). The van der Waals surface area contributed by atoms with E-state index in [1.807, 2.05) is 16.8 Å². The first-order chi connectivity index (χ1) is 7.61. The minimum absolute atomic E-state index is 0.114. The average molecular weight is 304 g/mol. The van der Waals surface area contributed by atoms with Gasteiger partial charge in [0.15, 0.2) is 0 Å². The van der Waals surface area contributed by atoms with E-state index in [-0.39, 0.29) is 11.9 Å². The van der Waals surface area contributed by atoms with Crippen LogP contribution in [0.25, 0.3) is 0 Å². The molecule has 1 aromatic rings. The highest BCUT2D eigenvalue weighted by Crippen LogP contribution is 2.09. The molecule has 0 spiro atoms. The molecule has 0 radical (unpaired) electrons. The van der Waals surface area contributed by atoms with Crippen molar-refractivity contribution in [1.29, 1.82) is 0 Å². The quantitative estimate of drug-likeness (QED) is 0.803. The monoisotopic (exact) mass is 303 g/mol. The van der Waals surface area contributed by atoms with Gasteiger partial charge in [0.2, 0.25) is 5.91 Å². The SMILES string of the molecule is CC(C)CC(CBr)NC(=O)Cc1ccsc1. The molecule has 2 nitrogen and oxygen atoms in total. The Labute approximate surface area is 110 Å². The van der Waals surface area contributed by atoms with E-state index >= 15 is 0 Å². The normalized spacial score (nSPS) is 12.8. The van der Waals surface area contributed by atoms with E-state index in [9.17, 15) is 4.79 Å². The number of hydrogen-bond acceptors (Lipinski definition) is 2. The predicted molar refractivity (Wildman–Crippen MR) is 73.2 cm³/mol. The Kier molecular flexibility index (Phi) is 6.06. The van der Waals surface area contributed by atoms with Gasteiger partial charge in [-0.15, -0.1) is 0 Å². The number of halogens is 1. The van der Waals surface area contributed by atoms with Crippen molar-refractivity contribution < 1.29 is 4.79 Å². The fourth-order valence-electron chi connectivity index (χ4n) is 1.59. The Balaban J connectivity index is 2.37. The van der Waals surface area contributed by atoms with Gasteiger partial charge in [-0.3, -0.25) is 4.79 Å². The van der Waals surface area contributed by atoms with Gasteiger partial charge < -0.3 is 5.32 Å². The maximum absolute atomic E-state index is 11.7. The van der Waals surface area contributed by atoms with E-state index in [0.29, 0.717) is 12.3 Å². The zero-order valence-corrected chi connectivity index (χ0v) is 12.1. The molecule has 0 aliphatic carbocycles. The number of alkyl halides is 1. The molecule has 0 aliphatic heterocycles. The van der Waals surface area contributed by atoms with Gasteiger partial charge in [-0.1, -0.05) is 29.8 Å². The minimum Gasteiger partial charge on any atom is -0.352 e. The van der Waals surface area contributed by atoms with Crippen LogP contribution in [0.5, 0.6) is 0 Å². The maximum atomic E-state index is 11.7. The van der Waals surface area contributed by atoms with Gasteiger partial charge in [0.05, 0.1) is 6.42 Å². The van der Waals surface area contributed by atoms with Crippen LogP contribution < -0.4 is 5.32 Å². The highest BCUT2D eigenvalue weighted by molar-refractivity contribution is 9.09. The summed E-state index contributed by atoms with van der Waals surface area (Å²) in [6.45, 7) is 4.33. The number of amides is 1. The van der Waals surface area contributed by atoms with Crippen LogP contribution in [0.4, 0.5) is 0 Å². The third kappa shape index (κ3) is 5.12. The molecule has 90 valence electrons. The number of carbonyl (C=O) groups excluding carboxylic acids is 1. The van der Waals surface area contributed by atoms with Crippen LogP contribution in [0.15, 0.2) is 16.8 Å². The molecule has 1 rings (SSSR count). The van der Waals surface area contributed by atoms with Crippen molar-refractivity contribution in [2.75, 3.05) is 5.33 Å². The largest absolute Gasteiger partial charge is 0.352 e. The zero-order valence-electron chi connectivity index (χ0n) is 9.70. The number of thiophene rings is 1. The van der Waals surface area contributed by atoms with Crippen LogP contribution in [0.2, 0.25) is 0 Å². The summed E-state index contributed by atoms with van der Waals surface area (Å²) in [5.41, 5.74) is 1.10. The predicted octanol–water partition coefficient (Wildman–Crippen LogP) is 3.22. The summed E-state index contributed by atoms with van der Waals surface area (Å²) in [5, 5.41) is 7.89. The highest BCUT2D eigenvalue weighted by atomic mass is 79.9. The zero-order chi connectivity index (χ0) is 12.0. The molecule has 1 unspecified atom stereocenters. The van der Waals surface area contributed by atoms with Crippen LogP contribution >= 0.6 is 27.3 Å². The van der Waals surface area contributed by atoms with E-state index in [2.05, 4.69) is 35.1 Å². The van der Waals surface area contributed by atoms with Crippen molar-refractivity contribution in [3.05, 3.63) is 22.4 Å². The fraction of sp³-hybridized carbons (Fsp3) is 0.583. The molecule has 1 N–H and O–H groups in total. The molecule has 0 bridgehead atoms. The Morgan fingerprint density at radius 1 is 1.56 bits per heavy atom. The molecular formula is C12H18BrNOS. The lowest BCUT2D eigenvalue weighted by Crippen LogP contribution is -2.37. The minimum atomic E-state index is 0.114. The second-order valence-electron chi connectivity index (χ2n) is 4.36. The van der Waals surface area contributed by atoms with Gasteiger partial charge in [0.25, 0.3) is 0 Å². The lowest BCUT2D eigenvalue weighted by Gasteiger charge is -2.18. The summed E-state index contributed by atoms with van der Waals surface area (Å²) in [7, 11) is 0. The van der Waals surface area contributed by atoms with Crippen molar-refractivity contribution in [1.82, 2.24) is 5.32 Å². The van der Waals surface area contributed by atoms with E-state index in [4.69, 9.17) is 0 Å². The smallest absolute Gasteiger partial charge is 0.224 e. The molecule has 0 aliphatic rings. The summed E-state index contributed by atoms with van der Waals surface area (Å²) >= 11 is 5.07. The molecule has 0 saturated carbocycles. The topological polar surface area (TPSA) is 29.1 Å². The van der Waals surface area contributed by atoms with Crippen LogP contribution in [-0.4, -0.2) is 17.3 Å². The Hall–Kier alpha value is -0.350. The summed E-state index contributed by atoms with van der Waals surface area (Å²) in [5.74, 6) is 0.715. The lowest BCUT2D eigenvalue weighted by atomic mass is 10.1. The number of rotatable bonds is 6. The first-order valence-electron chi connectivity index (χ1n) is 5.48. The molecule has 1 atom stereocenters. The van der Waals surface area contributed by atoms with Gasteiger partial charge >= 0.3 is 0 Å².